The molecule has 0 fully saturated rings. The van der Waals surface area contributed by atoms with Crippen molar-refractivity contribution in [3.8, 4) is 11.1 Å². The van der Waals surface area contributed by atoms with Crippen LogP contribution in [0.25, 0.3) is 32.9 Å². The van der Waals surface area contributed by atoms with Crippen molar-refractivity contribution in [2.75, 3.05) is 15.9 Å². The highest BCUT2D eigenvalue weighted by atomic mass is 127. The molecule has 27 heavy (non-hydrogen) atoms. The molecule has 0 aliphatic heterocycles. The summed E-state index contributed by atoms with van der Waals surface area (Å²) in [4.78, 5) is 20.8. The molecule has 2 heterocycles. The van der Waals surface area contributed by atoms with Gasteiger partial charge >= 0.3 is 0 Å². The minimum atomic E-state index is 0.104. The molecule has 6 nitrogen and oxygen atoms in total. The monoisotopic (exact) mass is 583 g/mol. The zero-order valence-corrected chi connectivity index (χ0v) is 18.6. The fourth-order valence-corrected chi connectivity index (χ4v) is 4.77. The first-order chi connectivity index (χ1) is 12.9. The van der Waals surface area contributed by atoms with E-state index in [1.807, 2.05) is 43.6 Å². The van der Waals surface area contributed by atoms with Gasteiger partial charge in [0.25, 0.3) is 0 Å². The van der Waals surface area contributed by atoms with Crippen molar-refractivity contribution >= 4 is 84.5 Å². The molecule has 4 rings (SSSR count). The van der Waals surface area contributed by atoms with E-state index in [0.717, 1.165) is 36.5 Å². The summed E-state index contributed by atoms with van der Waals surface area (Å²) in [5, 5.41) is 1.76. The third-order valence-electron chi connectivity index (χ3n) is 4.56. The van der Waals surface area contributed by atoms with Crippen LogP contribution < -0.4 is 11.5 Å². The Morgan fingerprint density at radius 2 is 2.00 bits per heavy atom. The number of alkyl halides is 1. The van der Waals surface area contributed by atoms with Crippen molar-refractivity contribution in [1.82, 2.24) is 14.5 Å². The van der Waals surface area contributed by atoms with E-state index in [-0.39, 0.29) is 11.7 Å². The summed E-state index contributed by atoms with van der Waals surface area (Å²) in [6, 6.07) is 9.71. The second kappa shape index (κ2) is 6.89. The predicted octanol–water partition coefficient (Wildman–Crippen LogP) is 4.18. The molecule has 0 radical (unpaired) electrons. The number of benzene rings is 2. The van der Waals surface area contributed by atoms with Gasteiger partial charge in [0.15, 0.2) is 5.78 Å². The number of nitrogens with two attached hydrogens (primary N) is 2. The van der Waals surface area contributed by atoms with Crippen molar-refractivity contribution in [2.24, 2.45) is 7.05 Å². The normalized spacial score (nSPS) is 11.4. The smallest absolute Gasteiger partial charge is 0.222 e. The lowest BCUT2D eigenvalue weighted by Crippen LogP contribution is -2.04. The van der Waals surface area contributed by atoms with E-state index < -0.39 is 0 Å². The highest BCUT2D eigenvalue weighted by molar-refractivity contribution is 14.1. The number of aromatic nitrogens is 3. The number of hydrogen-bond acceptors (Lipinski definition) is 5. The van der Waals surface area contributed by atoms with Crippen molar-refractivity contribution < 1.29 is 4.79 Å². The molecule has 4 aromatic rings. The van der Waals surface area contributed by atoms with Gasteiger partial charge in [-0.05, 0) is 40.3 Å². The van der Waals surface area contributed by atoms with Crippen LogP contribution in [0, 0.1) is 3.57 Å². The van der Waals surface area contributed by atoms with Gasteiger partial charge in [0.2, 0.25) is 5.95 Å². The number of ketones is 1. The molecule has 0 amide bonds. The summed E-state index contributed by atoms with van der Waals surface area (Å²) >= 11 is 4.36. The van der Waals surface area contributed by atoms with Gasteiger partial charge < -0.3 is 16.0 Å². The molecule has 0 spiro atoms. The molecule has 2 aromatic carbocycles. The zero-order chi connectivity index (χ0) is 19.3. The SMILES string of the molecule is Cn1ccc2c3c(N)nc(N)nc3c(I)c(-c3cccc(C(=O)CI)c3)c21. The lowest BCUT2D eigenvalue weighted by atomic mass is 9.97. The maximum atomic E-state index is 12.2. The minimum Gasteiger partial charge on any atom is -0.383 e. The summed E-state index contributed by atoms with van der Waals surface area (Å²) in [6.07, 6.45) is 1.99. The van der Waals surface area contributed by atoms with Gasteiger partial charge in [0, 0.05) is 33.3 Å². The Morgan fingerprint density at radius 1 is 1.22 bits per heavy atom. The van der Waals surface area contributed by atoms with Crippen LogP contribution in [-0.4, -0.2) is 24.7 Å². The average Bonchev–Trinajstić information content (AvgIpc) is 3.02. The Hall–Kier alpha value is -1.95. The van der Waals surface area contributed by atoms with Gasteiger partial charge in [-0.25, -0.2) is 4.98 Å². The van der Waals surface area contributed by atoms with Gasteiger partial charge in [0.05, 0.1) is 20.8 Å². The highest BCUT2D eigenvalue weighted by Crippen LogP contribution is 2.41. The minimum absolute atomic E-state index is 0.104. The summed E-state index contributed by atoms with van der Waals surface area (Å²) in [5.41, 5.74) is 16.4. The van der Waals surface area contributed by atoms with E-state index in [0.29, 0.717) is 15.8 Å². The molecule has 0 atom stereocenters. The van der Waals surface area contributed by atoms with Crippen LogP contribution in [0.5, 0.6) is 0 Å². The van der Waals surface area contributed by atoms with E-state index in [1.165, 1.54) is 0 Å². The summed E-state index contributed by atoms with van der Waals surface area (Å²) in [5.74, 6) is 0.618. The molecule has 0 saturated heterocycles. The van der Waals surface area contributed by atoms with Crippen molar-refractivity contribution in [3.05, 3.63) is 45.7 Å². The predicted molar refractivity (Wildman–Crippen MR) is 126 cm³/mol. The largest absolute Gasteiger partial charge is 0.383 e. The average molecular weight is 583 g/mol. The molecule has 0 bridgehead atoms. The molecule has 4 N–H and O–H groups in total. The van der Waals surface area contributed by atoms with Crippen LogP contribution in [0.2, 0.25) is 0 Å². The topological polar surface area (TPSA) is 99.8 Å². The molecule has 0 saturated carbocycles. The Balaban J connectivity index is 2.16. The van der Waals surface area contributed by atoms with Crippen LogP contribution in [-0.2, 0) is 7.05 Å². The molecule has 0 aliphatic rings. The van der Waals surface area contributed by atoms with Gasteiger partial charge in [-0.2, -0.15) is 4.98 Å². The third-order valence-corrected chi connectivity index (χ3v) is 6.30. The van der Waals surface area contributed by atoms with Crippen LogP contribution in [0.4, 0.5) is 11.8 Å². The maximum absolute atomic E-state index is 12.2. The first kappa shape index (κ1) is 18.4. The first-order valence-corrected chi connectivity index (χ1v) is 10.7. The maximum Gasteiger partial charge on any atom is 0.222 e. The van der Waals surface area contributed by atoms with Crippen molar-refractivity contribution in [3.63, 3.8) is 0 Å². The zero-order valence-electron chi connectivity index (χ0n) is 14.3. The Labute approximate surface area is 182 Å². The van der Waals surface area contributed by atoms with Crippen LogP contribution in [0.1, 0.15) is 10.4 Å². The number of rotatable bonds is 3. The number of halogens is 2. The number of hydrogen-bond donors (Lipinski definition) is 2. The van der Waals surface area contributed by atoms with Crippen molar-refractivity contribution in [1.29, 1.82) is 0 Å². The Kier molecular flexibility index (Phi) is 4.70. The number of nitrogen functional groups attached to an aromatic ring is 2. The second-order valence-corrected chi connectivity index (χ2v) is 8.05. The summed E-state index contributed by atoms with van der Waals surface area (Å²) in [6.45, 7) is 0. The number of fused-ring (bicyclic) bond motifs is 3. The fraction of sp³-hybridized carbons (Fsp3) is 0.105. The third kappa shape index (κ3) is 2.94. The second-order valence-electron chi connectivity index (χ2n) is 6.21. The van der Waals surface area contributed by atoms with E-state index in [1.54, 1.807) is 0 Å². The lowest BCUT2D eigenvalue weighted by molar-refractivity contribution is 0.102. The van der Waals surface area contributed by atoms with Crippen LogP contribution in [0.15, 0.2) is 36.5 Å². The molecule has 8 heteroatoms. The molecular weight excluding hydrogens is 568 g/mol. The van der Waals surface area contributed by atoms with Gasteiger partial charge in [-0.15, -0.1) is 0 Å². The number of aryl methyl sites for hydroxylation is 1. The fourth-order valence-electron chi connectivity index (χ4n) is 3.37. The van der Waals surface area contributed by atoms with Crippen LogP contribution >= 0.6 is 45.2 Å². The standard InChI is InChI=1S/C19H15I2N5O/c1-26-6-5-11-14-16(24-19(23)25-18(14)22)15(21)13(17(11)26)10-4-2-3-9(7-10)12(27)8-20/h2-7H,8H2,1H3,(H4,22,23,24,25). The van der Waals surface area contributed by atoms with E-state index in [4.69, 9.17) is 11.5 Å². The summed E-state index contributed by atoms with van der Waals surface area (Å²) in [7, 11) is 1.99. The molecule has 0 aliphatic carbocycles. The first-order valence-electron chi connectivity index (χ1n) is 8.11. The van der Waals surface area contributed by atoms with Gasteiger partial charge in [-0.1, -0.05) is 40.8 Å². The summed E-state index contributed by atoms with van der Waals surface area (Å²) < 4.78 is 3.42. The van der Waals surface area contributed by atoms with E-state index >= 15 is 0 Å². The Bertz CT molecular complexity index is 1230. The molecule has 2 aromatic heterocycles. The van der Waals surface area contributed by atoms with Crippen molar-refractivity contribution in [2.45, 2.75) is 0 Å². The molecule has 0 unspecified atom stereocenters. The lowest BCUT2D eigenvalue weighted by Gasteiger charge is -2.14. The number of carbonyl (C=O) groups excluding carboxylic acids is 1. The quantitative estimate of drug-likeness (QED) is 0.214. The van der Waals surface area contributed by atoms with Gasteiger partial charge in [-0.3, -0.25) is 4.79 Å². The van der Waals surface area contributed by atoms with E-state index in [2.05, 4.69) is 59.7 Å². The number of Topliss-reactive ketones (excluding diaryl/α,β-unsaturated/α-hetero) is 1. The Morgan fingerprint density at radius 3 is 2.74 bits per heavy atom. The van der Waals surface area contributed by atoms with E-state index in [9.17, 15) is 4.79 Å². The number of carbonyl (C=O) groups is 1. The number of anilines is 2. The molecule has 136 valence electrons. The number of nitrogens with zero attached hydrogens (tertiary/aromatic N) is 3. The van der Waals surface area contributed by atoms with Crippen LogP contribution in [0.3, 0.4) is 0 Å². The highest BCUT2D eigenvalue weighted by Gasteiger charge is 2.20. The molecular formula is C19H15I2N5O. The van der Waals surface area contributed by atoms with Gasteiger partial charge in [0.1, 0.15) is 5.82 Å².